The molecular formula is C25H24N2O3. The topological polar surface area (TPSA) is 58.6 Å². The summed E-state index contributed by atoms with van der Waals surface area (Å²) >= 11 is 0. The molecule has 2 amide bonds. The molecule has 1 N–H and O–H groups in total. The first kappa shape index (κ1) is 19.7. The summed E-state index contributed by atoms with van der Waals surface area (Å²) in [7, 11) is 1.60. The Balaban J connectivity index is 1.81. The standard InChI is InChI=1S/C25H24N2O3/c1-17-8-7-9-18(2)23(17)26-24(29)25(19-12-14-21(30-3)15-13-19)16-22(28)27(25)20-10-5-4-6-11-20/h4-15H,16H2,1-3H3,(H,26,29)/t25-/m0/s1. The minimum atomic E-state index is -1.13. The maximum Gasteiger partial charge on any atom is 0.255 e. The monoisotopic (exact) mass is 400 g/mol. The van der Waals surface area contributed by atoms with Crippen molar-refractivity contribution in [1.29, 1.82) is 0 Å². The highest BCUT2D eigenvalue weighted by Crippen LogP contribution is 2.46. The summed E-state index contributed by atoms with van der Waals surface area (Å²) in [4.78, 5) is 28.1. The molecular weight excluding hydrogens is 376 g/mol. The van der Waals surface area contributed by atoms with Gasteiger partial charge in [-0.1, -0.05) is 48.5 Å². The van der Waals surface area contributed by atoms with Gasteiger partial charge in [0, 0.05) is 11.4 Å². The first-order valence-corrected chi connectivity index (χ1v) is 9.87. The van der Waals surface area contributed by atoms with Gasteiger partial charge in [-0.05, 0) is 54.8 Å². The molecule has 1 heterocycles. The van der Waals surface area contributed by atoms with Crippen molar-refractivity contribution in [2.75, 3.05) is 17.3 Å². The van der Waals surface area contributed by atoms with Crippen LogP contribution in [0, 0.1) is 13.8 Å². The molecule has 3 aromatic carbocycles. The quantitative estimate of drug-likeness (QED) is 0.638. The Morgan fingerprint density at radius 3 is 2.13 bits per heavy atom. The second-order valence-electron chi connectivity index (χ2n) is 7.55. The summed E-state index contributed by atoms with van der Waals surface area (Å²) in [6, 6.07) is 22.5. The number of benzene rings is 3. The molecule has 1 aliphatic rings. The number of carbonyl (C=O) groups excluding carboxylic acids is 2. The highest BCUT2D eigenvalue weighted by Gasteiger charge is 2.58. The largest absolute Gasteiger partial charge is 0.497 e. The number of carbonyl (C=O) groups is 2. The zero-order chi connectivity index (χ0) is 21.3. The maximum absolute atomic E-state index is 13.8. The molecule has 5 nitrogen and oxygen atoms in total. The average Bonchev–Trinajstić information content (AvgIpc) is 2.75. The number of hydrogen-bond acceptors (Lipinski definition) is 3. The Hall–Kier alpha value is -3.60. The number of amides is 2. The van der Waals surface area contributed by atoms with Gasteiger partial charge < -0.3 is 10.1 Å². The molecule has 0 unspecified atom stereocenters. The van der Waals surface area contributed by atoms with E-state index in [0.29, 0.717) is 11.4 Å². The first-order chi connectivity index (χ1) is 14.5. The summed E-state index contributed by atoms with van der Waals surface area (Å²) in [5.74, 6) is 0.378. The van der Waals surface area contributed by atoms with Crippen LogP contribution in [0.4, 0.5) is 11.4 Å². The second kappa shape index (κ2) is 7.67. The van der Waals surface area contributed by atoms with Gasteiger partial charge in [-0.25, -0.2) is 0 Å². The van der Waals surface area contributed by atoms with Crippen molar-refractivity contribution in [1.82, 2.24) is 0 Å². The van der Waals surface area contributed by atoms with Gasteiger partial charge >= 0.3 is 0 Å². The number of methoxy groups -OCH3 is 1. The van der Waals surface area contributed by atoms with Gasteiger partial charge in [-0.2, -0.15) is 0 Å². The molecule has 0 radical (unpaired) electrons. The third-order valence-electron chi connectivity index (χ3n) is 5.72. The number of hydrogen-bond donors (Lipinski definition) is 1. The smallest absolute Gasteiger partial charge is 0.255 e. The highest BCUT2D eigenvalue weighted by molar-refractivity contribution is 6.17. The zero-order valence-corrected chi connectivity index (χ0v) is 17.3. The van der Waals surface area contributed by atoms with Crippen LogP contribution in [0.5, 0.6) is 5.75 Å². The summed E-state index contributed by atoms with van der Waals surface area (Å²) in [5, 5.41) is 3.10. The van der Waals surface area contributed by atoms with E-state index in [9.17, 15) is 9.59 Å². The Kier molecular flexibility index (Phi) is 5.04. The lowest BCUT2D eigenvalue weighted by atomic mass is 9.76. The molecule has 1 saturated heterocycles. The fourth-order valence-electron chi connectivity index (χ4n) is 4.08. The van der Waals surface area contributed by atoms with E-state index in [1.165, 1.54) is 0 Å². The third kappa shape index (κ3) is 3.12. The molecule has 0 bridgehead atoms. The van der Waals surface area contributed by atoms with Gasteiger partial charge in [0.25, 0.3) is 5.91 Å². The van der Waals surface area contributed by atoms with Crippen molar-refractivity contribution in [2.45, 2.75) is 25.8 Å². The zero-order valence-electron chi connectivity index (χ0n) is 17.3. The minimum absolute atomic E-state index is 0.0892. The first-order valence-electron chi connectivity index (χ1n) is 9.87. The summed E-state index contributed by atoms with van der Waals surface area (Å²) < 4.78 is 5.27. The Morgan fingerprint density at radius 2 is 1.57 bits per heavy atom. The predicted octanol–water partition coefficient (Wildman–Crippen LogP) is 4.58. The van der Waals surface area contributed by atoms with E-state index >= 15 is 0 Å². The molecule has 4 rings (SSSR count). The van der Waals surface area contributed by atoms with Crippen LogP contribution in [-0.2, 0) is 15.1 Å². The van der Waals surface area contributed by atoms with Crippen LogP contribution < -0.4 is 15.0 Å². The van der Waals surface area contributed by atoms with Crippen molar-refractivity contribution in [2.24, 2.45) is 0 Å². The van der Waals surface area contributed by atoms with E-state index in [2.05, 4.69) is 5.32 Å². The summed E-state index contributed by atoms with van der Waals surface area (Å²) in [6.45, 7) is 3.92. The molecule has 1 aliphatic heterocycles. The Bertz CT molecular complexity index is 1070. The van der Waals surface area contributed by atoms with Crippen molar-refractivity contribution < 1.29 is 14.3 Å². The number of β-lactam (4-membered cyclic amide) rings is 1. The van der Waals surface area contributed by atoms with E-state index in [1.807, 2.05) is 86.6 Å². The normalized spacial score (nSPS) is 18.0. The van der Waals surface area contributed by atoms with Gasteiger partial charge in [-0.3, -0.25) is 14.5 Å². The lowest BCUT2D eigenvalue weighted by Crippen LogP contribution is -2.67. The fraction of sp³-hybridized carbons (Fsp3) is 0.200. The second-order valence-corrected chi connectivity index (χ2v) is 7.55. The average molecular weight is 400 g/mol. The Morgan fingerprint density at radius 1 is 0.933 bits per heavy atom. The highest BCUT2D eigenvalue weighted by atomic mass is 16.5. The molecule has 0 saturated carbocycles. The molecule has 5 heteroatoms. The van der Waals surface area contributed by atoms with Gasteiger partial charge in [0.05, 0.1) is 13.5 Å². The molecule has 0 aliphatic carbocycles. The molecule has 1 atom stereocenters. The van der Waals surface area contributed by atoms with E-state index in [-0.39, 0.29) is 18.2 Å². The Labute approximate surface area is 176 Å². The van der Waals surface area contributed by atoms with Crippen molar-refractivity contribution in [3.05, 3.63) is 89.5 Å². The molecule has 1 fully saturated rings. The van der Waals surface area contributed by atoms with E-state index in [0.717, 1.165) is 22.4 Å². The fourth-order valence-corrected chi connectivity index (χ4v) is 4.08. The molecule has 30 heavy (non-hydrogen) atoms. The van der Waals surface area contributed by atoms with Crippen molar-refractivity contribution in [3.63, 3.8) is 0 Å². The van der Waals surface area contributed by atoms with Gasteiger partial charge in [0.2, 0.25) is 5.91 Å². The van der Waals surface area contributed by atoms with E-state index in [1.54, 1.807) is 12.0 Å². The predicted molar refractivity (Wildman–Crippen MR) is 118 cm³/mol. The minimum Gasteiger partial charge on any atom is -0.497 e. The van der Waals surface area contributed by atoms with Gasteiger partial charge in [0.1, 0.15) is 5.75 Å². The van der Waals surface area contributed by atoms with Crippen molar-refractivity contribution >= 4 is 23.2 Å². The lowest BCUT2D eigenvalue weighted by molar-refractivity contribution is -0.137. The van der Waals surface area contributed by atoms with Crippen LogP contribution in [-0.4, -0.2) is 18.9 Å². The number of para-hydroxylation sites is 2. The van der Waals surface area contributed by atoms with Crippen LogP contribution in [0.1, 0.15) is 23.1 Å². The molecule has 0 spiro atoms. The summed E-state index contributed by atoms with van der Waals surface area (Å²) in [5.41, 5.74) is 3.05. The number of ether oxygens (including phenoxy) is 1. The van der Waals surface area contributed by atoms with Crippen LogP contribution >= 0.6 is 0 Å². The SMILES string of the molecule is COc1ccc([C@]2(C(=O)Nc3c(C)cccc3C)CC(=O)N2c2ccccc2)cc1. The number of anilines is 2. The number of rotatable bonds is 5. The summed E-state index contributed by atoms with van der Waals surface area (Å²) in [6.07, 6.45) is 0.102. The number of nitrogens with zero attached hydrogens (tertiary/aromatic N) is 1. The van der Waals surface area contributed by atoms with Gasteiger partial charge in [0.15, 0.2) is 5.54 Å². The molecule has 152 valence electrons. The van der Waals surface area contributed by atoms with Crippen molar-refractivity contribution in [3.8, 4) is 5.75 Å². The van der Waals surface area contributed by atoms with Crippen LogP contribution in [0.15, 0.2) is 72.8 Å². The van der Waals surface area contributed by atoms with E-state index < -0.39 is 5.54 Å². The van der Waals surface area contributed by atoms with Crippen LogP contribution in [0.3, 0.4) is 0 Å². The number of nitrogens with one attached hydrogen (secondary N) is 1. The van der Waals surface area contributed by atoms with E-state index in [4.69, 9.17) is 4.74 Å². The lowest BCUT2D eigenvalue weighted by Gasteiger charge is -2.50. The van der Waals surface area contributed by atoms with Crippen LogP contribution in [0.2, 0.25) is 0 Å². The number of aryl methyl sites for hydroxylation is 2. The van der Waals surface area contributed by atoms with Gasteiger partial charge in [-0.15, -0.1) is 0 Å². The molecule has 3 aromatic rings. The van der Waals surface area contributed by atoms with Crippen LogP contribution in [0.25, 0.3) is 0 Å². The maximum atomic E-state index is 13.8. The third-order valence-corrected chi connectivity index (χ3v) is 5.72. The molecule has 0 aromatic heterocycles.